The van der Waals surface area contributed by atoms with Crippen LogP contribution in [0.5, 0.6) is 0 Å². The maximum atomic E-state index is 13.1. The van der Waals surface area contributed by atoms with Crippen molar-refractivity contribution in [1.82, 2.24) is 9.97 Å². The number of aliphatic hydroxyl groups is 1. The Morgan fingerprint density at radius 3 is 2.00 bits per heavy atom. The molecule has 0 radical (unpaired) electrons. The Morgan fingerprint density at radius 1 is 0.964 bits per heavy atom. The number of allylic oxidation sites excluding steroid dienone is 1. The molecule has 0 amide bonds. The number of ketones is 1. The van der Waals surface area contributed by atoms with Gasteiger partial charge < -0.3 is 14.6 Å². The number of hydrogen-bond acceptors (Lipinski definition) is 6. The molecule has 2 rings (SSSR count). The van der Waals surface area contributed by atoms with Crippen LogP contribution in [0.2, 0.25) is 0 Å². The van der Waals surface area contributed by atoms with E-state index < -0.39 is 5.60 Å². The molecule has 1 unspecified atom stereocenters. The molecule has 28 heavy (non-hydrogen) atoms. The van der Waals surface area contributed by atoms with Crippen LogP contribution in [-0.4, -0.2) is 39.7 Å². The van der Waals surface area contributed by atoms with E-state index in [2.05, 4.69) is 9.97 Å². The molecule has 2 aromatic rings. The van der Waals surface area contributed by atoms with Crippen molar-refractivity contribution in [1.29, 1.82) is 0 Å². The molecular formula is C22H26N2O4. The molecule has 1 atom stereocenters. The molecule has 0 aliphatic heterocycles. The van der Waals surface area contributed by atoms with Crippen molar-refractivity contribution >= 4 is 16.9 Å². The average molecular weight is 382 g/mol. The summed E-state index contributed by atoms with van der Waals surface area (Å²) in [6, 6.07) is 7.00. The summed E-state index contributed by atoms with van der Waals surface area (Å²) in [6.45, 7) is 6.18. The van der Waals surface area contributed by atoms with Gasteiger partial charge in [0, 0.05) is 36.8 Å². The van der Waals surface area contributed by atoms with Crippen LogP contribution in [-0.2, 0) is 14.3 Å². The van der Waals surface area contributed by atoms with Crippen molar-refractivity contribution in [2.45, 2.75) is 32.8 Å². The first-order chi connectivity index (χ1) is 13.5. The lowest BCUT2D eigenvalue weighted by molar-refractivity contribution is -0.116. The van der Waals surface area contributed by atoms with E-state index in [9.17, 15) is 9.90 Å². The molecule has 0 aliphatic carbocycles. The number of aromatic nitrogens is 2. The number of hydrogen-bond donors (Lipinski definition) is 1. The predicted molar refractivity (Wildman–Crippen MR) is 108 cm³/mol. The molecule has 0 aliphatic rings. The summed E-state index contributed by atoms with van der Waals surface area (Å²) in [4.78, 5) is 21.1. The van der Waals surface area contributed by atoms with Gasteiger partial charge in [-0.2, -0.15) is 0 Å². The number of carbonyl (C=O) groups excluding carboxylic acids is 1. The van der Waals surface area contributed by atoms with E-state index >= 15 is 0 Å². The van der Waals surface area contributed by atoms with Gasteiger partial charge in [0.1, 0.15) is 0 Å². The fourth-order valence-corrected chi connectivity index (χ4v) is 2.70. The second-order valence-electron chi connectivity index (χ2n) is 6.32. The topological polar surface area (TPSA) is 81.5 Å². The van der Waals surface area contributed by atoms with Crippen LogP contribution in [0.15, 0.2) is 61.6 Å². The third kappa shape index (κ3) is 5.76. The third-order valence-electron chi connectivity index (χ3n) is 4.10. The summed E-state index contributed by atoms with van der Waals surface area (Å²) in [6.07, 6.45) is 9.27. The Kier molecular flexibility index (Phi) is 7.89. The summed E-state index contributed by atoms with van der Waals surface area (Å²) < 4.78 is 10.8. The third-order valence-corrected chi connectivity index (χ3v) is 4.10. The van der Waals surface area contributed by atoms with Crippen LogP contribution >= 0.6 is 0 Å². The summed E-state index contributed by atoms with van der Waals surface area (Å²) in [7, 11) is 0. The number of carbonyl (C=O) groups is 1. The second-order valence-corrected chi connectivity index (χ2v) is 6.32. The zero-order valence-electron chi connectivity index (χ0n) is 16.5. The van der Waals surface area contributed by atoms with Gasteiger partial charge in [-0.1, -0.05) is 0 Å². The van der Waals surface area contributed by atoms with Gasteiger partial charge in [-0.15, -0.1) is 0 Å². The largest absolute Gasteiger partial charge is 0.501 e. The van der Waals surface area contributed by atoms with E-state index in [1.54, 1.807) is 56.0 Å². The van der Waals surface area contributed by atoms with Crippen molar-refractivity contribution in [3.05, 3.63) is 72.7 Å². The monoisotopic (exact) mass is 382 g/mol. The zero-order chi connectivity index (χ0) is 20.4. The molecule has 0 spiro atoms. The molecule has 6 heteroatoms. The Balaban J connectivity index is 2.34. The lowest BCUT2D eigenvalue weighted by Crippen LogP contribution is -2.30. The van der Waals surface area contributed by atoms with Crippen molar-refractivity contribution in [3.63, 3.8) is 0 Å². The predicted octanol–water partition coefficient (Wildman–Crippen LogP) is 3.64. The Bertz CT molecular complexity index is 815. The van der Waals surface area contributed by atoms with Crippen LogP contribution in [0.1, 0.15) is 38.3 Å². The van der Waals surface area contributed by atoms with Crippen molar-refractivity contribution < 1.29 is 19.4 Å². The van der Waals surface area contributed by atoms with Gasteiger partial charge in [-0.05, 0) is 56.2 Å². The summed E-state index contributed by atoms with van der Waals surface area (Å²) in [5, 5.41) is 11.2. The molecule has 148 valence electrons. The minimum atomic E-state index is -1.45. The van der Waals surface area contributed by atoms with Gasteiger partial charge in [-0.25, -0.2) is 0 Å². The highest BCUT2D eigenvalue weighted by Gasteiger charge is 2.32. The highest BCUT2D eigenvalue weighted by Crippen LogP contribution is 2.32. The second kappa shape index (κ2) is 10.4. The zero-order valence-corrected chi connectivity index (χ0v) is 16.5. The van der Waals surface area contributed by atoms with E-state index in [1.165, 1.54) is 12.5 Å². The smallest absolute Gasteiger partial charge is 0.169 e. The van der Waals surface area contributed by atoms with Gasteiger partial charge in [0.2, 0.25) is 0 Å². The molecule has 6 nitrogen and oxygen atoms in total. The van der Waals surface area contributed by atoms with Crippen LogP contribution in [0, 0.1) is 0 Å². The number of nitrogens with zero attached hydrogens (tertiary/aromatic N) is 2. The highest BCUT2D eigenvalue weighted by atomic mass is 16.5. The molecule has 0 saturated heterocycles. The first-order valence-electron chi connectivity index (χ1n) is 9.20. The summed E-state index contributed by atoms with van der Waals surface area (Å²) in [5.74, 6) is -0.249. The SMILES string of the molecule is CCOC=C(C(=O)CC(C)(O)C(=COCC)c1ccncc1)c1ccncc1. The molecule has 2 heterocycles. The molecule has 0 saturated carbocycles. The number of rotatable bonds is 10. The van der Waals surface area contributed by atoms with Crippen LogP contribution < -0.4 is 0 Å². The molecular weight excluding hydrogens is 356 g/mol. The average Bonchev–Trinajstić information content (AvgIpc) is 2.69. The van der Waals surface area contributed by atoms with E-state index in [-0.39, 0.29) is 12.2 Å². The van der Waals surface area contributed by atoms with Gasteiger partial charge in [0.05, 0.1) is 36.9 Å². The number of pyridine rings is 2. The Hall–Kier alpha value is -2.99. The van der Waals surface area contributed by atoms with Crippen molar-refractivity contribution in [2.24, 2.45) is 0 Å². The summed E-state index contributed by atoms with van der Waals surface area (Å²) in [5.41, 5.74) is 0.862. The van der Waals surface area contributed by atoms with Gasteiger partial charge in [0.25, 0.3) is 0 Å². The maximum Gasteiger partial charge on any atom is 0.169 e. The number of Topliss-reactive ketones (excluding diaryl/α,β-unsaturated/α-hetero) is 1. The van der Waals surface area contributed by atoms with Crippen LogP contribution in [0.4, 0.5) is 0 Å². The normalized spacial score (nSPS) is 14.3. The first-order valence-corrected chi connectivity index (χ1v) is 9.20. The summed E-state index contributed by atoms with van der Waals surface area (Å²) >= 11 is 0. The standard InChI is InChI=1S/C22H26N2O4/c1-4-27-15-19(17-6-10-23-11-7-17)21(25)14-22(3,26)20(16-28-5-2)18-8-12-24-13-9-18/h6-13,15-16,26H,4-5,14H2,1-3H3. The quantitative estimate of drug-likeness (QED) is 0.499. The molecule has 0 bridgehead atoms. The minimum Gasteiger partial charge on any atom is -0.501 e. The van der Waals surface area contributed by atoms with E-state index in [0.717, 1.165) is 5.56 Å². The maximum absolute atomic E-state index is 13.1. The van der Waals surface area contributed by atoms with Gasteiger partial charge in [-0.3, -0.25) is 14.8 Å². The molecule has 1 N–H and O–H groups in total. The van der Waals surface area contributed by atoms with E-state index in [1.807, 2.05) is 13.8 Å². The molecule has 0 aromatic carbocycles. The lowest BCUT2D eigenvalue weighted by atomic mass is 9.84. The van der Waals surface area contributed by atoms with Crippen molar-refractivity contribution in [2.75, 3.05) is 13.2 Å². The van der Waals surface area contributed by atoms with E-state index in [4.69, 9.17) is 9.47 Å². The Labute approximate surface area is 165 Å². The molecule has 2 aromatic heterocycles. The fourth-order valence-electron chi connectivity index (χ4n) is 2.70. The first kappa shape index (κ1) is 21.3. The highest BCUT2D eigenvalue weighted by molar-refractivity contribution is 6.21. The van der Waals surface area contributed by atoms with Crippen molar-refractivity contribution in [3.8, 4) is 0 Å². The number of ether oxygens (including phenoxy) is 2. The minimum absolute atomic E-state index is 0.143. The van der Waals surface area contributed by atoms with Gasteiger partial charge >= 0.3 is 0 Å². The fraction of sp³-hybridized carbons (Fsp3) is 0.318. The van der Waals surface area contributed by atoms with Crippen LogP contribution in [0.25, 0.3) is 11.1 Å². The van der Waals surface area contributed by atoms with Crippen LogP contribution in [0.3, 0.4) is 0 Å². The lowest BCUT2D eigenvalue weighted by Gasteiger charge is -2.26. The Morgan fingerprint density at radius 2 is 1.46 bits per heavy atom. The van der Waals surface area contributed by atoms with Gasteiger partial charge in [0.15, 0.2) is 5.78 Å². The van der Waals surface area contributed by atoms with E-state index in [0.29, 0.717) is 29.9 Å². The molecule has 0 fully saturated rings.